The van der Waals surface area contributed by atoms with Gasteiger partial charge in [-0.1, -0.05) is 38.8 Å². The average Bonchev–Trinajstić information content (AvgIpc) is 3.26. The molecule has 0 spiro atoms. The van der Waals surface area contributed by atoms with Crippen LogP contribution in [0.15, 0.2) is 42.6 Å². The van der Waals surface area contributed by atoms with Crippen molar-refractivity contribution in [1.29, 1.82) is 0 Å². The summed E-state index contributed by atoms with van der Waals surface area (Å²) in [6.07, 6.45) is 8.28. The Balaban J connectivity index is 1.59. The fourth-order valence-corrected chi connectivity index (χ4v) is 4.59. The van der Waals surface area contributed by atoms with Crippen LogP contribution < -0.4 is 15.4 Å². The molecule has 1 atom stereocenters. The number of aromatic nitrogens is 2. The number of urea groups is 1. The smallest absolute Gasteiger partial charge is 0.319 e. The van der Waals surface area contributed by atoms with Gasteiger partial charge < -0.3 is 15.4 Å². The number of anilines is 1. The lowest BCUT2D eigenvalue weighted by Crippen LogP contribution is -2.46. The summed E-state index contributed by atoms with van der Waals surface area (Å²) in [4.78, 5) is 13.0. The molecule has 0 radical (unpaired) electrons. The summed E-state index contributed by atoms with van der Waals surface area (Å²) in [5.41, 5.74) is 1.94. The van der Waals surface area contributed by atoms with Crippen molar-refractivity contribution in [3.05, 3.63) is 54.0 Å². The van der Waals surface area contributed by atoms with Crippen LogP contribution in [-0.2, 0) is 0 Å². The molecule has 1 unspecified atom stereocenters. The van der Waals surface area contributed by atoms with Crippen LogP contribution in [0.3, 0.4) is 0 Å². The first-order valence-corrected chi connectivity index (χ1v) is 11.5. The van der Waals surface area contributed by atoms with Crippen LogP contribution in [0, 0.1) is 5.82 Å². The number of unbranched alkanes of at least 4 members (excludes halogenated alkanes) is 2. The molecular weight excluding hydrogens is 407 g/mol. The van der Waals surface area contributed by atoms with Crippen molar-refractivity contribution in [1.82, 2.24) is 15.5 Å². The second-order valence-corrected chi connectivity index (χ2v) is 8.67. The predicted octanol–water partition coefficient (Wildman–Crippen LogP) is 6.47. The highest BCUT2D eigenvalue weighted by atomic mass is 19.1. The number of aromatic amines is 1. The predicted molar refractivity (Wildman–Crippen MR) is 124 cm³/mol. The number of ether oxygens (including phenoxy) is 1. The van der Waals surface area contributed by atoms with Crippen LogP contribution in [0.4, 0.5) is 14.9 Å². The van der Waals surface area contributed by atoms with Gasteiger partial charge >= 0.3 is 6.03 Å². The molecule has 6 nitrogen and oxygen atoms in total. The van der Waals surface area contributed by atoms with E-state index in [1.165, 1.54) is 12.1 Å². The summed E-state index contributed by atoms with van der Waals surface area (Å²) in [5, 5.41) is 13.9. The molecule has 0 saturated heterocycles. The van der Waals surface area contributed by atoms with Crippen molar-refractivity contribution in [3.63, 3.8) is 0 Å². The molecule has 32 heavy (non-hydrogen) atoms. The summed E-state index contributed by atoms with van der Waals surface area (Å²) in [5.74, 6) is 0.200. The highest BCUT2D eigenvalue weighted by Gasteiger charge is 2.41. The molecule has 1 aliphatic heterocycles. The summed E-state index contributed by atoms with van der Waals surface area (Å²) in [6, 6.07) is 9.63. The topological polar surface area (TPSA) is 79.0 Å². The van der Waals surface area contributed by atoms with E-state index in [0.717, 1.165) is 55.0 Å². The number of hydrogen-bond acceptors (Lipinski definition) is 3. The normalized spacial score (nSPS) is 16.9. The first kappa shape index (κ1) is 22.1. The van der Waals surface area contributed by atoms with Crippen molar-refractivity contribution in [2.24, 2.45) is 0 Å². The Labute approximate surface area is 187 Å². The van der Waals surface area contributed by atoms with Crippen molar-refractivity contribution in [2.75, 3.05) is 5.32 Å². The van der Waals surface area contributed by atoms with Crippen LogP contribution in [0.1, 0.15) is 70.4 Å². The van der Waals surface area contributed by atoms with E-state index in [0.29, 0.717) is 17.9 Å². The van der Waals surface area contributed by atoms with Crippen LogP contribution in [-0.4, -0.2) is 21.8 Å². The van der Waals surface area contributed by atoms with E-state index in [2.05, 4.69) is 34.7 Å². The van der Waals surface area contributed by atoms with Gasteiger partial charge in [-0.25, -0.2) is 9.18 Å². The lowest BCUT2D eigenvalue weighted by molar-refractivity contribution is 0.0118. The number of carbonyl (C=O) groups excluding carboxylic acids is 1. The van der Waals surface area contributed by atoms with Gasteiger partial charge in [0.2, 0.25) is 0 Å². The first-order chi connectivity index (χ1) is 15.5. The lowest BCUT2D eigenvalue weighted by Gasteiger charge is -2.43. The molecule has 2 heterocycles. The Kier molecular flexibility index (Phi) is 6.63. The van der Waals surface area contributed by atoms with E-state index in [9.17, 15) is 9.18 Å². The molecule has 0 fully saturated rings. The van der Waals surface area contributed by atoms with Crippen LogP contribution >= 0.6 is 0 Å². The maximum Gasteiger partial charge on any atom is 0.319 e. The van der Waals surface area contributed by atoms with Gasteiger partial charge in [-0.15, -0.1) is 0 Å². The summed E-state index contributed by atoms with van der Waals surface area (Å²) in [6.45, 7) is 4.31. The zero-order valence-corrected chi connectivity index (χ0v) is 18.7. The number of benzene rings is 2. The minimum Gasteiger partial charge on any atom is -0.487 e. The number of nitrogens with zero attached hydrogens (tertiary/aromatic N) is 1. The third-order valence-electron chi connectivity index (χ3n) is 6.26. The van der Waals surface area contributed by atoms with Crippen molar-refractivity contribution in [3.8, 4) is 5.75 Å². The van der Waals surface area contributed by atoms with E-state index in [4.69, 9.17) is 4.74 Å². The molecule has 1 aromatic heterocycles. The Morgan fingerprint density at radius 2 is 2.00 bits per heavy atom. The van der Waals surface area contributed by atoms with E-state index in [-0.39, 0.29) is 17.9 Å². The summed E-state index contributed by atoms with van der Waals surface area (Å²) >= 11 is 0. The molecular formula is C25H31FN4O2. The maximum atomic E-state index is 14.1. The van der Waals surface area contributed by atoms with Gasteiger partial charge in [0.05, 0.1) is 23.4 Å². The number of fused-ring (bicyclic) bond motifs is 2. The number of carbonyl (C=O) groups is 1. The number of rotatable bonds is 8. The summed E-state index contributed by atoms with van der Waals surface area (Å²) < 4.78 is 20.5. The molecule has 3 aromatic rings. The fraction of sp³-hybridized carbons (Fsp3) is 0.440. The fourth-order valence-electron chi connectivity index (χ4n) is 4.59. The second kappa shape index (κ2) is 9.59. The van der Waals surface area contributed by atoms with Gasteiger partial charge in [0.1, 0.15) is 17.2 Å². The average molecular weight is 439 g/mol. The zero-order valence-electron chi connectivity index (χ0n) is 18.7. The van der Waals surface area contributed by atoms with E-state index in [1.54, 1.807) is 12.3 Å². The molecule has 2 amide bonds. The third-order valence-corrected chi connectivity index (χ3v) is 6.26. The molecule has 170 valence electrons. The van der Waals surface area contributed by atoms with E-state index < -0.39 is 5.60 Å². The van der Waals surface area contributed by atoms with Crippen LogP contribution in [0.5, 0.6) is 5.75 Å². The zero-order chi connectivity index (χ0) is 22.6. The van der Waals surface area contributed by atoms with Crippen molar-refractivity contribution >= 4 is 22.6 Å². The number of H-pyrrole nitrogens is 1. The van der Waals surface area contributed by atoms with Gasteiger partial charge in [0.15, 0.2) is 0 Å². The van der Waals surface area contributed by atoms with Crippen molar-refractivity contribution < 1.29 is 13.9 Å². The second-order valence-electron chi connectivity index (χ2n) is 8.67. The maximum absolute atomic E-state index is 14.1. The summed E-state index contributed by atoms with van der Waals surface area (Å²) in [7, 11) is 0. The molecule has 0 saturated carbocycles. The highest BCUT2D eigenvalue weighted by molar-refractivity contribution is 6.00. The van der Waals surface area contributed by atoms with Gasteiger partial charge in [0.25, 0.3) is 0 Å². The monoisotopic (exact) mass is 438 g/mol. The number of amides is 2. The Bertz CT molecular complexity index is 1070. The Morgan fingerprint density at radius 3 is 2.75 bits per heavy atom. The van der Waals surface area contributed by atoms with Crippen molar-refractivity contribution in [2.45, 2.75) is 70.4 Å². The molecule has 7 heteroatoms. The van der Waals surface area contributed by atoms with E-state index in [1.807, 2.05) is 18.2 Å². The number of halogens is 1. The minimum atomic E-state index is -0.407. The molecule has 1 aliphatic rings. The Morgan fingerprint density at radius 1 is 1.22 bits per heavy atom. The quantitative estimate of drug-likeness (QED) is 0.377. The van der Waals surface area contributed by atoms with Crippen LogP contribution in [0.25, 0.3) is 10.9 Å². The Hall–Kier alpha value is -3.09. The van der Waals surface area contributed by atoms with Gasteiger partial charge in [0, 0.05) is 23.4 Å². The standard InChI is InChI=1S/C25H31FN4O2/c1-3-5-12-25(13-6-4-2)15-22(18-11-10-17(26)14-23(18)32-25)29-24(31)28-20-8-7-9-21-19(20)16-27-30-21/h7-11,14,16,22H,3-6,12-13,15H2,1-2H3,(H,27,30)(H2,28,29,31). The number of hydrogen-bond donors (Lipinski definition) is 3. The number of nitrogens with one attached hydrogen (secondary N) is 3. The van der Waals surface area contributed by atoms with Gasteiger partial charge in [-0.3, -0.25) is 5.10 Å². The SMILES string of the molecule is CCCCC1(CCCC)CC(NC(=O)Nc2cccc3[nH]ncc23)c2ccc(F)cc2O1. The largest absolute Gasteiger partial charge is 0.487 e. The molecule has 4 rings (SSSR count). The minimum absolute atomic E-state index is 0.267. The molecule has 0 bridgehead atoms. The lowest BCUT2D eigenvalue weighted by atomic mass is 9.80. The molecule has 0 aliphatic carbocycles. The first-order valence-electron chi connectivity index (χ1n) is 11.5. The molecule has 2 aromatic carbocycles. The highest BCUT2D eigenvalue weighted by Crippen LogP contribution is 2.44. The third kappa shape index (κ3) is 4.71. The van der Waals surface area contributed by atoms with Gasteiger partial charge in [-0.05, 0) is 43.9 Å². The van der Waals surface area contributed by atoms with Gasteiger partial charge in [-0.2, -0.15) is 5.10 Å². The van der Waals surface area contributed by atoms with E-state index >= 15 is 0 Å². The van der Waals surface area contributed by atoms with Crippen LogP contribution in [0.2, 0.25) is 0 Å². The molecule has 3 N–H and O–H groups in total.